The molecule has 0 spiro atoms. The number of hydrogen-bond donors (Lipinski definition) is 1. The van der Waals surface area contributed by atoms with E-state index in [9.17, 15) is 40.7 Å². The van der Waals surface area contributed by atoms with Gasteiger partial charge in [-0.1, -0.05) is 6.92 Å². The van der Waals surface area contributed by atoms with E-state index in [0.717, 1.165) is 4.90 Å². The van der Waals surface area contributed by atoms with E-state index >= 15 is 0 Å². The number of nitrogens with zero attached hydrogens (tertiary/aromatic N) is 4. The minimum absolute atomic E-state index is 0.0167. The van der Waals surface area contributed by atoms with E-state index in [1.54, 1.807) is 20.8 Å². The molecule has 1 aromatic heterocycles. The van der Waals surface area contributed by atoms with Crippen molar-refractivity contribution in [1.29, 1.82) is 0 Å². The van der Waals surface area contributed by atoms with E-state index in [4.69, 9.17) is 4.74 Å². The number of halogens is 6. The molecule has 1 N–H and O–H groups in total. The number of carbonyl (C=O) groups is 3. The second-order valence-corrected chi connectivity index (χ2v) is 10.9. The van der Waals surface area contributed by atoms with Crippen molar-refractivity contribution < 1.29 is 45.5 Å². The largest absolute Gasteiger partial charge is 0.451 e. The third-order valence-electron chi connectivity index (χ3n) is 6.26. The summed E-state index contributed by atoms with van der Waals surface area (Å²) in [6.07, 6.45) is -11.0. The van der Waals surface area contributed by atoms with Crippen molar-refractivity contribution in [3.05, 3.63) is 22.8 Å². The Bertz CT molecular complexity index is 1100. The summed E-state index contributed by atoms with van der Waals surface area (Å²) in [5, 5.41) is 2.58. The van der Waals surface area contributed by atoms with Crippen LogP contribution in [-0.2, 0) is 39.6 Å². The number of fused-ring (bicyclic) bond motifs is 1. The van der Waals surface area contributed by atoms with Gasteiger partial charge in [-0.25, -0.2) is 14.8 Å². The van der Waals surface area contributed by atoms with Gasteiger partial charge in [-0.2, -0.15) is 26.3 Å². The highest BCUT2D eigenvalue weighted by molar-refractivity contribution is 5.79. The fourth-order valence-corrected chi connectivity index (χ4v) is 4.52. The third kappa shape index (κ3) is 8.18. The molecule has 218 valence electrons. The zero-order valence-electron chi connectivity index (χ0n) is 22.0. The average Bonchev–Trinajstić information content (AvgIpc) is 2.77. The Kier molecular flexibility index (Phi) is 8.70. The number of nitrogens with one attached hydrogen (secondary N) is 1. The van der Waals surface area contributed by atoms with E-state index < -0.39 is 71.7 Å². The molecule has 39 heavy (non-hydrogen) atoms. The summed E-state index contributed by atoms with van der Waals surface area (Å²) in [5.74, 6) is -2.53. The van der Waals surface area contributed by atoms with Crippen LogP contribution in [0.25, 0.3) is 0 Å². The molecule has 0 bridgehead atoms. The van der Waals surface area contributed by atoms with Crippen LogP contribution in [0.1, 0.15) is 69.7 Å². The van der Waals surface area contributed by atoms with Crippen molar-refractivity contribution >= 4 is 17.9 Å². The topological polar surface area (TPSA) is 105 Å². The van der Waals surface area contributed by atoms with Crippen LogP contribution >= 0.6 is 0 Å². The Morgan fingerprint density at radius 1 is 1.08 bits per heavy atom. The first-order chi connectivity index (χ1) is 17.8. The van der Waals surface area contributed by atoms with Crippen LogP contribution in [0.2, 0.25) is 0 Å². The van der Waals surface area contributed by atoms with Gasteiger partial charge in [0.25, 0.3) is 0 Å². The zero-order chi connectivity index (χ0) is 29.3. The van der Waals surface area contributed by atoms with Gasteiger partial charge in [-0.15, -0.1) is 0 Å². The number of likely N-dealkylation sites (tertiary alicyclic amines) is 1. The SMILES string of the molecule is C[C@H]1CCC(=O)N(C[C@H](CC(=O)N2CCc3c(nc(C(F)(F)F)nc3C(F)(F)F)C2)NC(=O)OC(C)(C)C)C1. The Labute approximate surface area is 221 Å². The fraction of sp³-hybridized carbons (Fsp3) is 0.708. The first-order valence-electron chi connectivity index (χ1n) is 12.4. The van der Waals surface area contributed by atoms with Gasteiger partial charge < -0.3 is 19.9 Å². The number of rotatable bonds is 5. The molecule has 9 nitrogen and oxygen atoms in total. The Balaban J connectivity index is 1.82. The lowest BCUT2D eigenvalue weighted by molar-refractivity contribution is -0.153. The number of alkyl carbamates (subject to hydrolysis) is 1. The van der Waals surface area contributed by atoms with Gasteiger partial charge in [-0.3, -0.25) is 9.59 Å². The minimum atomic E-state index is -5.22. The zero-order valence-corrected chi connectivity index (χ0v) is 22.0. The minimum Gasteiger partial charge on any atom is -0.444 e. The number of carbonyl (C=O) groups excluding carboxylic acids is 3. The molecule has 3 heterocycles. The Morgan fingerprint density at radius 2 is 1.74 bits per heavy atom. The van der Waals surface area contributed by atoms with E-state index in [-0.39, 0.29) is 31.3 Å². The van der Waals surface area contributed by atoms with Crippen molar-refractivity contribution in [2.24, 2.45) is 5.92 Å². The van der Waals surface area contributed by atoms with Crippen molar-refractivity contribution in [3.8, 4) is 0 Å². The maximum Gasteiger partial charge on any atom is 0.451 e. The second-order valence-electron chi connectivity index (χ2n) is 10.9. The lowest BCUT2D eigenvalue weighted by atomic mass is 9.98. The number of amides is 3. The predicted molar refractivity (Wildman–Crippen MR) is 124 cm³/mol. The number of ether oxygens (including phenoxy) is 1. The maximum absolute atomic E-state index is 13.5. The summed E-state index contributed by atoms with van der Waals surface area (Å²) in [7, 11) is 0. The highest BCUT2D eigenvalue weighted by atomic mass is 19.4. The fourth-order valence-electron chi connectivity index (χ4n) is 4.52. The summed E-state index contributed by atoms with van der Waals surface area (Å²) in [5.41, 5.74) is -3.55. The lowest BCUT2D eigenvalue weighted by Gasteiger charge is -2.35. The summed E-state index contributed by atoms with van der Waals surface area (Å²) in [6.45, 7) is 6.45. The van der Waals surface area contributed by atoms with Crippen LogP contribution in [0.3, 0.4) is 0 Å². The number of hydrogen-bond acceptors (Lipinski definition) is 6. The van der Waals surface area contributed by atoms with Gasteiger partial charge in [-0.05, 0) is 39.5 Å². The number of piperidine rings is 1. The molecule has 2 aliphatic rings. The van der Waals surface area contributed by atoms with Crippen molar-refractivity contribution in [2.45, 2.75) is 83.9 Å². The predicted octanol–water partition coefficient (Wildman–Crippen LogP) is 3.94. The molecule has 0 aromatic carbocycles. The molecule has 3 amide bonds. The third-order valence-corrected chi connectivity index (χ3v) is 6.26. The number of aromatic nitrogens is 2. The highest BCUT2D eigenvalue weighted by Crippen LogP contribution is 2.36. The molecule has 3 rings (SSSR count). The summed E-state index contributed by atoms with van der Waals surface area (Å²) in [4.78, 5) is 46.7. The van der Waals surface area contributed by atoms with Crippen LogP contribution in [-0.4, -0.2) is 69.0 Å². The standard InChI is InChI=1S/C24H31F6N5O4/c1-13-5-6-17(36)35(10-13)11-14(31-21(38)39-22(2,3)4)9-18(37)34-8-7-15-16(12-34)32-20(24(28,29)30)33-19(15)23(25,26)27/h13-14H,5-12H2,1-4H3,(H,31,38)/t13-,14-/m0/s1. The Morgan fingerprint density at radius 3 is 2.33 bits per heavy atom. The molecule has 1 saturated heterocycles. The van der Waals surface area contributed by atoms with Gasteiger partial charge in [0, 0.05) is 38.0 Å². The molecular formula is C24H31F6N5O4. The van der Waals surface area contributed by atoms with Crippen LogP contribution in [0.4, 0.5) is 31.1 Å². The molecular weight excluding hydrogens is 536 g/mol. The van der Waals surface area contributed by atoms with Crippen molar-refractivity contribution in [2.75, 3.05) is 19.6 Å². The first kappa shape index (κ1) is 30.4. The van der Waals surface area contributed by atoms with Crippen molar-refractivity contribution in [3.63, 3.8) is 0 Å². The molecule has 0 saturated carbocycles. The number of alkyl halides is 6. The molecule has 15 heteroatoms. The molecule has 0 aliphatic carbocycles. The smallest absolute Gasteiger partial charge is 0.444 e. The van der Waals surface area contributed by atoms with Crippen LogP contribution in [0.5, 0.6) is 0 Å². The highest BCUT2D eigenvalue weighted by Gasteiger charge is 2.44. The van der Waals surface area contributed by atoms with E-state index in [1.807, 2.05) is 6.92 Å². The van der Waals surface area contributed by atoms with E-state index in [2.05, 4.69) is 15.3 Å². The van der Waals surface area contributed by atoms with Crippen LogP contribution < -0.4 is 5.32 Å². The maximum atomic E-state index is 13.5. The lowest BCUT2D eigenvalue weighted by Crippen LogP contribution is -2.51. The summed E-state index contributed by atoms with van der Waals surface area (Å²) in [6, 6.07) is -0.912. The first-order valence-corrected chi connectivity index (χ1v) is 12.4. The second kappa shape index (κ2) is 11.2. The van der Waals surface area contributed by atoms with Gasteiger partial charge in [0.2, 0.25) is 17.6 Å². The average molecular weight is 568 g/mol. The van der Waals surface area contributed by atoms with Crippen molar-refractivity contribution in [1.82, 2.24) is 25.1 Å². The van der Waals surface area contributed by atoms with Crippen LogP contribution in [0.15, 0.2) is 0 Å². The van der Waals surface area contributed by atoms with Gasteiger partial charge in [0.15, 0.2) is 5.69 Å². The molecule has 2 atom stereocenters. The normalized spacial score (nSPS) is 19.4. The van der Waals surface area contributed by atoms with Gasteiger partial charge in [0.05, 0.1) is 18.3 Å². The molecule has 0 radical (unpaired) electrons. The molecule has 1 aromatic rings. The summed E-state index contributed by atoms with van der Waals surface area (Å²) >= 11 is 0. The monoisotopic (exact) mass is 567 g/mol. The quantitative estimate of drug-likeness (QED) is 0.541. The van der Waals surface area contributed by atoms with Gasteiger partial charge >= 0.3 is 18.4 Å². The summed E-state index contributed by atoms with van der Waals surface area (Å²) < 4.78 is 85.3. The van der Waals surface area contributed by atoms with E-state index in [0.29, 0.717) is 19.4 Å². The molecule has 1 fully saturated rings. The van der Waals surface area contributed by atoms with E-state index in [1.165, 1.54) is 4.90 Å². The van der Waals surface area contributed by atoms with Crippen LogP contribution in [0, 0.1) is 5.92 Å². The van der Waals surface area contributed by atoms with Gasteiger partial charge in [0.1, 0.15) is 5.60 Å². The molecule has 2 aliphatic heterocycles. The molecule has 0 unspecified atom stereocenters. The Hall–Kier alpha value is -3.13.